The highest BCUT2D eigenvalue weighted by Gasteiger charge is 2.28. The van der Waals surface area contributed by atoms with Gasteiger partial charge in [0.1, 0.15) is 6.61 Å². The maximum atomic E-state index is 10.9. The monoisotopic (exact) mass is 201 g/mol. The molecule has 13 heavy (non-hydrogen) atoms. The molecule has 2 fully saturated rings. The average Bonchev–Trinajstić information content (AvgIpc) is 2.20. The Bertz CT molecular complexity index is 182. The van der Waals surface area contributed by atoms with E-state index >= 15 is 0 Å². The van der Waals surface area contributed by atoms with Crippen molar-refractivity contribution < 1.29 is 9.53 Å². The largest absolute Gasteiger partial charge is 0.366 e. The number of hydrogen-bond acceptors (Lipinski definition) is 3. The molecule has 1 amide bonds. The molecule has 2 atom stereocenters. The highest BCUT2D eigenvalue weighted by molar-refractivity contribution is 7.99. The molecule has 2 heterocycles. The number of nitrogens with one attached hydrogen (secondary N) is 1. The van der Waals surface area contributed by atoms with Crippen LogP contribution in [0.4, 0.5) is 0 Å². The Morgan fingerprint density at radius 3 is 3.08 bits per heavy atom. The topological polar surface area (TPSA) is 38.3 Å². The van der Waals surface area contributed by atoms with Crippen LogP contribution < -0.4 is 5.32 Å². The van der Waals surface area contributed by atoms with Crippen molar-refractivity contribution >= 4 is 17.7 Å². The van der Waals surface area contributed by atoms with Crippen molar-refractivity contribution in [3.8, 4) is 0 Å². The minimum atomic E-state index is 0.0275. The van der Waals surface area contributed by atoms with E-state index < -0.39 is 0 Å². The molecule has 0 spiro atoms. The molecule has 2 unspecified atom stereocenters. The standard InChI is InChI=1S/C9H15NO2S/c11-9-5-12-8(4-10-9)7-2-1-3-13-6-7/h7-8H,1-6H2,(H,10,11). The van der Waals surface area contributed by atoms with Crippen LogP contribution in [0.25, 0.3) is 0 Å². The zero-order valence-electron chi connectivity index (χ0n) is 7.62. The summed E-state index contributed by atoms with van der Waals surface area (Å²) in [6.07, 6.45) is 2.82. The van der Waals surface area contributed by atoms with Gasteiger partial charge in [-0.3, -0.25) is 4.79 Å². The molecule has 2 saturated heterocycles. The zero-order valence-corrected chi connectivity index (χ0v) is 8.44. The third-order valence-electron chi connectivity index (χ3n) is 2.65. The summed E-state index contributed by atoms with van der Waals surface area (Å²) in [4.78, 5) is 10.9. The first-order chi connectivity index (χ1) is 6.36. The number of thioether (sulfide) groups is 1. The van der Waals surface area contributed by atoms with Crippen molar-refractivity contribution in [2.24, 2.45) is 5.92 Å². The molecule has 2 aliphatic rings. The summed E-state index contributed by atoms with van der Waals surface area (Å²) in [7, 11) is 0. The van der Waals surface area contributed by atoms with Gasteiger partial charge in [-0.1, -0.05) is 0 Å². The predicted octanol–water partition coefficient (Wildman–Crippen LogP) is 0.645. The number of morpholine rings is 1. The fourth-order valence-electron chi connectivity index (χ4n) is 1.87. The van der Waals surface area contributed by atoms with Crippen molar-refractivity contribution in [3.63, 3.8) is 0 Å². The molecule has 0 aromatic carbocycles. The van der Waals surface area contributed by atoms with Crippen molar-refractivity contribution in [2.75, 3.05) is 24.7 Å². The van der Waals surface area contributed by atoms with Gasteiger partial charge in [-0.15, -0.1) is 0 Å². The Morgan fingerprint density at radius 1 is 1.54 bits per heavy atom. The maximum absolute atomic E-state index is 10.9. The van der Waals surface area contributed by atoms with Crippen molar-refractivity contribution in [2.45, 2.75) is 18.9 Å². The number of carbonyl (C=O) groups excluding carboxylic acids is 1. The molecule has 2 aliphatic heterocycles. The van der Waals surface area contributed by atoms with Gasteiger partial charge in [0, 0.05) is 6.54 Å². The molecular formula is C9H15NO2S. The lowest BCUT2D eigenvalue weighted by Crippen LogP contribution is -2.47. The number of rotatable bonds is 1. The van der Waals surface area contributed by atoms with Crippen LogP contribution in [0, 0.1) is 5.92 Å². The van der Waals surface area contributed by atoms with Crippen LogP contribution in [0.1, 0.15) is 12.8 Å². The molecular weight excluding hydrogens is 186 g/mol. The summed E-state index contributed by atoms with van der Waals surface area (Å²) in [5.74, 6) is 3.16. The highest BCUT2D eigenvalue weighted by atomic mass is 32.2. The van der Waals surface area contributed by atoms with E-state index in [9.17, 15) is 4.79 Å². The van der Waals surface area contributed by atoms with Crippen LogP contribution in [0.3, 0.4) is 0 Å². The van der Waals surface area contributed by atoms with Gasteiger partial charge in [-0.05, 0) is 30.3 Å². The SMILES string of the molecule is O=C1COC(C2CCCSC2)CN1. The van der Waals surface area contributed by atoms with E-state index in [0.717, 1.165) is 0 Å². The van der Waals surface area contributed by atoms with E-state index in [1.165, 1.54) is 24.3 Å². The smallest absolute Gasteiger partial charge is 0.246 e. The van der Waals surface area contributed by atoms with E-state index in [1.54, 1.807) is 0 Å². The molecule has 74 valence electrons. The van der Waals surface area contributed by atoms with Crippen LogP contribution in [0.2, 0.25) is 0 Å². The van der Waals surface area contributed by atoms with Gasteiger partial charge in [0.2, 0.25) is 5.91 Å². The van der Waals surface area contributed by atoms with Crippen molar-refractivity contribution in [1.29, 1.82) is 0 Å². The second-order valence-electron chi connectivity index (χ2n) is 3.63. The first-order valence-electron chi connectivity index (χ1n) is 4.82. The first kappa shape index (κ1) is 9.34. The molecule has 0 bridgehead atoms. The summed E-state index contributed by atoms with van der Waals surface area (Å²) in [6, 6.07) is 0. The van der Waals surface area contributed by atoms with Gasteiger partial charge in [0.25, 0.3) is 0 Å². The van der Waals surface area contributed by atoms with Crippen LogP contribution in [0.15, 0.2) is 0 Å². The molecule has 0 aromatic rings. The van der Waals surface area contributed by atoms with E-state index in [1.807, 2.05) is 11.8 Å². The highest BCUT2D eigenvalue weighted by Crippen LogP contribution is 2.27. The molecule has 0 aliphatic carbocycles. The second kappa shape index (κ2) is 4.33. The Balaban J connectivity index is 1.82. The predicted molar refractivity (Wildman–Crippen MR) is 52.8 cm³/mol. The third-order valence-corrected chi connectivity index (χ3v) is 3.89. The molecule has 4 heteroatoms. The summed E-state index contributed by atoms with van der Waals surface area (Å²) in [5, 5.41) is 2.86. The summed E-state index contributed by atoms with van der Waals surface area (Å²) >= 11 is 2.00. The fourth-order valence-corrected chi connectivity index (χ4v) is 3.09. The number of hydrogen-bond donors (Lipinski definition) is 1. The van der Waals surface area contributed by atoms with Crippen LogP contribution in [-0.4, -0.2) is 36.7 Å². The van der Waals surface area contributed by atoms with E-state index in [0.29, 0.717) is 12.5 Å². The van der Waals surface area contributed by atoms with Crippen molar-refractivity contribution in [3.05, 3.63) is 0 Å². The summed E-state index contributed by atoms with van der Waals surface area (Å²) in [5.41, 5.74) is 0. The van der Waals surface area contributed by atoms with E-state index in [4.69, 9.17) is 4.74 Å². The summed E-state index contributed by atoms with van der Waals surface area (Å²) in [6.45, 7) is 0.968. The molecule has 0 aromatic heterocycles. The third kappa shape index (κ3) is 2.38. The van der Waals surface area contributed by atoms with Crippen molar-refractivity contribution in [1.82, 2.24) is 5.32 Å². The van der Waals surface area contributed by atoms with Gasteiger partial charge >= 0.3 is 0 Å². The lowest BCUT2D eigenvalue weighted by molar-refractivity contribution is -0.135. The molecule has 3 nitrogen and oxygen atoms in total. The molecule has 0 radical (unpaired) electrons. The zero-order chi connectivity index (χ0) is 9.10. The van der Waals surface area contributed by atoms with Gasteiger partial charge in [0.15, 0.2) is 0 Å². The fraction of sp³-hybridized carbons (Fsp3) is 0.889. The number of amides is 1. The minimum Gasteiger partial charge on any atom is -0.366 e. The summed E-state index contributed by atoms with van der Waals surface area (Å²) < 4.78 is 5.50. The Morgan fingerprint density at radius 2 is 2.46 bits per heavy atom. The molecule has 0 saturated carbocycles. The number of carbonyl (C=O) groups is 1. The van der Waals surface area contributed by atoms with E-state index in [-0.39, 0.29) is 18.6 Å². The van der Waals surface area contributed by atoms with E-state index in [2.05, 4.69) is 5.32 Å². The Hall–Kier alpha value is -0.220. The van der Waals surface area contributed by atoms with Crippen LogP contribution >= 0.6 is 11.8 Å². The molecule has 1 N–H and O–H groups in total. The van der Waals surface area contributed by atoms with Gasteiger partial charge in [0.05, 0.1) is 6.10 Å². The average molecular weight is 201 g/mol. The lowest BCUT2D eigenvalue weighted by Gasteiger charge is -2.32. The van der Waals surface area contributed by atoms with Gasteiger partial charge in [-0.25, -0.2) is 0 Å². The maximum Gasteiger partial charge on any atom is 0.246 e. The lowest BCUT2D eigenvalue weighted by atomic mass is 9.98. The minimum absolute atomic E-state index is 0.0275. The van der Waals surface area contributed by atoms with Gasteiger partial charge < -0.3 is 10.1 Å². The number of ether oxygens (including phenoxy) is 1. The molecule has 2 rings (SSSR count). The normalized spacial score (nSPS) is 35.5. The first-order valence-corrected chi connectivity index (χ1v) is 5.98. The second-order valence-corrected chi connectivity index (χ2v) is 4.78. The Labute approximate surface area is 82.6 Å². The quantitative estimate of drug-likeness (QED) is 0.677. The van der Waals surface area contributed by atoms with Crippen LogP contribution in [0.5, 0.6) is 0 Å². The van der Waals surface area contributed by atoms with Gasteiger partial charge in [-0.2, -0.15) is 11.8 Å². The van der Waals surface area contributed by atoms with Crippen LogP contribution in [-0.2, 0) is 9.53 Å². The Kier molecular flexibility index (Phi) is 3.11.